The van der Waals surface area contributed by atoms with E-state index in [0.717, 1.165) is 0 Å². The molecule has 0 aromatic carbocycles. The van der Waals surface area contributed by atoms with Gasteiger partial charge in [0.2, 0.25) is 0 Å². The second-order valence-corrected chi connectivity index (χ2v) is 0.848. The van der Waals surface area contributed by atoms with Crippen LogP contribution in [0.2, 0.25) is 0 Å². The molecule has 3 nitrogen and oxygen atoms in total. The molecule has 7 heteroatoms. The molecule has 0 spiro atoms. The summed E-state index contributed by atoms with van der Waals surface area (Å²) in [5.74, 6) is 0. The Morgan fingerprint density at radius 1 is 1.29 bits per heavy atom. The van der Waals surface area contributed by atoms with Gasteiger partial charge in [-0.15, -0.1) is 0 Å². The van der Waals surface area contributed by atoms with Crippen LogP contribution in [0.1, 0.15) is 0 Å². The first kappa shape index (κ1) is 22.7. The molecule has 0 heterocycles. The maximum Gasteiger partial charge on any atom is 0 e. The van der Waals surface area contributed by atoms with Crippen LogP contribution in [0, 0.1) is 0 Å². The predicted molar refractivity (Wildman–Crippen MR) is 29.4 cm³/mol. The SMILES string of the molecule is O=[Si](O)O.[GaH3].[SrH2].[Ta]. The van der Waals surface area contributed by atoms with Gasteiger partial charge in [0.1, 0.15) is 0 Å². The fourth-order valence-corrected chi connectivity index (χ4v) is 0. The van der Waals surface area contributed by atoms with Crippen molar-refractivity contribution in [3.05, 3.63) is 0 Å². The second-order valence-electron chi connectivity index (χ2n) is 0.283. The van der Waals surface area contributed by atoms with E-state index in [1.54, 1.807) is 0 Å². The fourth-order valence-electron chi connectivity index (χ4n) is 0. The third-order valence-corrected chi connectivity index (χ3v) is 0. The maximum atomic E-state index is 8.74. The van der Waals surface area contributed by atoms with Crippen molar-refractivity contribution in [1.82, 2.24) is 0 Å². The Labute approximate surface area is 109 Å². The summed E-state index contributed by atoms with van der Waals surface area (Å²) in [6.07, 6.45) is 0. The molecular weight excluding hydrogens is 414 g/mol. The Balaban J connectivity index is -0.0000000150. The molecule has 0 saturated heterocycles. The van der Waals surface area contributed by atoms with Crippen LogP contribution in [0.4, 0.5) is 0 Å². The molecular formula is H7GaO3SiSrTa. The average Bonchev–Trinajstić information content (AvgIpc) is 0.811. The first-order valence-corrected chi connectivity index (χ1v) is 1.95. The molecule has 1 radical (unpaired) electrons. The zero-order chi connectivity index (χ0) is 3.58. The second kappa shape index (κ2) is 15.8. The summed E-state index contributed by atoms with van der Waals surface area (Å²) in [5.41, 5.74) is 0. The topological polar surface area (TPSA) is 57.5 Å². The minimum Gasteiger partial charge on any atom is 0 e. The first-order valence-electron chi connectivity index (χ1n) is 0.651. The Morgan fingerprint density at radius 3 is 1.29 bits per heavy atom. The van der Waals surface area contributed by atoms with Crippen LogP contribution in [0.3, 0.4) is 0 Å². The average molecular weight is 421 g/mol. The van der Waals surface area contributed by atoms with Gasteiger partial charge in [-0.1, -0.05) is 0 Å². The zero-order valence-electron chi connectivity index (χ0n) is 2.25. The normalized spacial score (nSPS) is 3.43. The van der Waals surface area contributed by atoms with Crippen molar-refractivity contribution in [1.29, 1.82) is 0 Å². The monoisotopic (exact) mass is 421 g/mol. The molecule has 0 fully saturated rings. The molecule has 7 heavy (non-hydrogen) atoms. The van der Waals surface area contributed by atoms with Gasteiger partial charge in [0.25, 0.3) is 0 Å². The van der Waals surface area contributed by atoms with Gasteiger partial charge >= 0.3 is 74.4 Å². The largest absolute Gasteiger partial charge is 0 e. The number of rotatable bonds is 0. The van der Waals surface area contributed by atoms with Gasteiger partial charge < -0.3 is 9.59 Å². The molecule has 0 rings (SSSR count). The van der Waals surface area contributed by atoms with Crippen molar-refractivity contribution in [2.24, 2.45) is 0 Å². The zero-order valence-corrected chi connectivity index (χ0v) is 6.46. The third-order valence-electron chi connectivity index (χ3n) is 0. The van der Waals surface area contributed by atoms with Crippen LogP contribution in [0.5, 0.6) is 0 Å². The van der Waals surface area contributed by atoms with Crippen LogP contribution >= 0.6 is 0 Å². The van der Waals surface area contributed by atoms with E-state index in [-0.39, 0.29) is 87.7 Å². The van der Waals surface area contributed by atoms with Crippen molar-refractivity contribution in [2.75, 3.05) is 0 Å². The molecule has 0 aliphatic rings. The molecule has 0 aliphatic carbocycles. The first-order chi connectivity index (χ1) is 1.73. The smallest absolute Gasteiger partial charge is 0 e. The molecule has 0 unspecified atom stereocenters. The quantitative estimate of drug-likeness (QED) is 0.396. The molecule has 0 aliphatic heterocycles. The molecule has 39 valence electrons. The maximum absolute atomic E-state index is 8.74. The van der Waals surface area contributed by atoms with Gasteiger partial charge in [-0.3, -0.25) is 4.46 Å². The van der Waals surface area contributed by atoms with Crippen LogP contribution in [0.15, 0.2) is 0 Å². The van der Waals surface area contributed by atoms with Gasteiger partial charge in [0, 0.05) is 22.4 Å². The van der Waals surface area contributed by atoms with Crippen molar-refractivity contribution >= 4 is 74.4 Å². The molecule has 0 bridgehead atoms. The van der Waals surface area contributed by atoms with E-state index < -0.39 is 9.17 Å². The van der Waals surface area contributed by atoms with E-state index in [2.05, 4.69) is 0 Å². The summed E-state index contributed by atoms with van der Waals surface area (Å²) >= 11 is 0. The van der Waals surface area contributed by atoms with Crippen molar-refractivity contribution in [3.63, 3.8) is 0 Å². The summed E-state index contributed by atoms with van der Waals surface area (Å²) in [6, 6.07) is 0. The van der Waals surface area contributed by atoms with Crippen LogP contribution in [-0.4, -0.2) is 84.0 Å². The standard InChI is InChI=1S/Ga.H2O3Si.Sr.Ta.5H/c;1-4(2)3;;;;;;;/h;1-2H;;;;;;;. The van der Waals surface area contributed by atoms with Crippen LogP contribution in [-0.2, 0) is 26.8 Å². The van der Waals surface area contributed by atoms with E-state index in [1.165, 1.54) is 0 Å². The Morgan fingerprint density at radius 2 is 1.29 bits per heavy atom. The Bertz CT molecular complexity index is 37.9. The van der Waals surface area contributed by atoms with Crippen LogP contribution in [0.25, 0.3) is 0 Å². The van der Waals surface area contributed by atoms with E-state index >= 15 is 0 Å². The van der Waals surface area contributed by atoms with Crippen molar-refractivity contribution < 1.29 is 36.4 Å². The minimum absolute atomic E-state index is 0. The molecule has 0 aromatic heterocycles. The summed E-state index contributed by atoms with van der Waals surface area (Å²) in [5, 5.41) is 0. The number of hydrogen-bond donors (Lipinski definition) is 2. The predicted octanol–water partition coefficient (Wildman–Crippen LogP) is -3.72. The van der Waals surface area contributed by atoms with Gasteiger partial charge in [-0.2, -0.15) is 0 Å². The minimum atomic E-state index is -3.13. The van der Waals surface area contributed by atoms with Gasteiger partial charge in [0.15, 0.2) is 0 Å². The van der Waals surface area contributed by atoms with Gasteiger partial charge in [-0.05, 0) is 0 Å². The van der Waals surface area contributed by atoms with Crippen molar-refractivity contribution in [2.45, 2.75) is 0 Å². The Hall–Kier alpha value is 2.47. The summed E-state index contributed by atoms with van der Waals surface area (Å²) in [4.78, 5) is 14.3. The van der Waals surface area contributed by atoms with E-state index in [4.69, 9.17) is 14.1 Å². The van der Waals surface area contributed by atoms with Gasteiger partial charge in [-0.25, -0.2) is 0 Å². The molecule has 0 amide bonds. The Kier molecular flexibility index (Phi) is 51.2. The van der Waals surface area contributed by atoms with Gasteiger partial charge in [0.05, 0.1) is 0 Å². The van der Waals surface area contributed by atoms with Crippen molar-refractivity contribution in [3.8, 4) is 0 Å². The third kappa shape index (κ3) is 58.0. The number of hydrogen-bond acceptors (Lipinski definition) is 1. The van der Waals surface area contributed by atoms with E-state index in [9.17, 15) is 0 Å². The molecule has 0 saturated carbocycles. The molecule has 2 N–H and O–H groups in total. The fraction of sp³-hybridized carbons (Fsp3) is 0. The molecule has 0 atom stereocenters. The summed E-state index contributed by atoms with van der Waals surface area (Å²) in [6.45, 7) is 0. The van der Waals surface area contributed by atoms with E-state index in [1.807, 2.05) is 0 Å². The summed E-state index contributed by atoms with van der Waals surface area (Å²) in [7, 11) is -3.13. The van der Waals surface area contributed by atoms with Crippen LogP contribution < -0.4 is 0 Å². The molecule has 0 aromatic rings. The van der Waals surface area contributed by atoms with E-state index in [0.29, 0.717) is 0 Å². The summed E-state index contributed by atoms with van der Waals surface area (Å²) < 4.78 is 8.74.